The fourth-order valence-electron chi connectivity index (χ4n) is 2.58. The van der Waals surface area contributed by atoms with Crippen molar-refractivity contribution in [3.8, 4) is 0 Å². The number of aryl methyl sites for hydroxylation is 1. The van der Waals surface area contributed by atoms with Gasteiger partial charge in [0.15, 0.2) is 0 Å². The highest BCUT2D eigenvalue weighted by atomic mass is 35.5. The van der Waals surface area contributed by atoms with Crippen LogP contribution in [-0.4, -0.2) is 0 Å². The Labute approximate surface area is 139 Å². The monoisotopic (exact) mass is 334 g/mol. The van der Waals surface area contributed by atoms with E-state index in [4.69, 9.17) is 34.8 Å². The van der Waals surface area contributed by atoms with Crippen molar-refractivity contribution in [1.82, 2.24) is 0 Å². The number of benzene rings is 3. The highest BCUT2D eigenvalue weighted by Crippen LogP contribution is 2.39. The van der Waals surface area contributed by atoms with Crippen molar-refractivity contribution in [3.63, 3.8) is 0 Å². The van der Waals surface area contributed by atoms with Crippen LogP contribution in [0, 0.1) is 6.92 Å². The van der Waals surface area contributed by atoms with Crippen LogP contribution in [0.1, 0.15) is 22.1 Å². The summed E-state index contributed by atoms with van der Waals surface area (Å²) in [6, 6.07) is 18.0. The summed E-state index contributed by atoms with van der Waals surface area (Å²) in [6.07, 6.45) is 0. The van der Waals surface area contributed by atoms with E-state index in [0.29, 0.717) is 10.0 Å². The van der Waals surface area contributed by atoms with Crippen molar-refractivity contribution in [3.05, 3.63) is 81.3 Å². The molecule has 0 heterocycles. The Kier molecular flexibility index (Phi) is 4.12. The lowest BCUT2D eigenvalue weighted by atomic mass is 9.95. The molecule has 0 aliphatic rings. The van der Waals surface area contributed by atoms with Crippen molar-refractivity contribution >= 4 is 45.6 Å². The predicted molar refractivity (Wildman–Crippen MR) is 92.8 cm³/mol. The number of hydrogen-bond acceptors (Lipinski definition) is 0. The van der Waals surface area contributed by atoms with Crippen molar-refractivity contribution in [1.29, 1.82) is 0 Å². The minimum Gasteiger partial charge on any atom is -0.113 e. The molecule has 0 radical (unpaired) electrons. The van der Waals surface area contributed by atoms with Gasteiger partial charge < -0.3 is 0 Å². The van der Waals surface area contributed by atoms with Crippen LogP contribution >= 0.6 is 34.8 Å². The third-order valence-electron chi connectivity index (χ3n) is 3.70. The van der Waals surface area contributed by atoms with E-state index in [1.807, 2.05) is 24.3 Å². The first kappa shape index (κ1) is 14.7. The lowest BCUT2D eigenvalue weighted by Crippen LogP contribution is -1.97. The van der Waals surface area contributed by atoms with Gasteiger partial charge in [0.25, 0.3) is 0 Å². The van der Waals surface area contributed by atoms with Crippen molar-refractivity contribution < 1.29 is 0 Å². The second-order valence-corrected chi connectivity index (χ2v) is 6.24. The minimum absolute atomic E-state index is 0.332. The predicted octanol–water partition coefficient (Wildman–Crippen LogP) is 6.78. The molecule has 0 aliphatic carbocycles. The molecule has 0 aromatic heterocycles. The van der Waals surface area contributed by atoms with Gasteiger partial charge in [-0.05, 0) is 40.5 Å². The van der Waals surface area contributed by atoms with Crippen LogP contribution in [0.15, 0.2) is 54.6 Å². The molecule has 0 fully saturated rings. The zero-order chi connectivity index (χ0) is 15.0. The van der Waals surface area contributed by atoms with E-state index in [2.05, 4.69) is 31.2 Å². The third-order valence-corrected chi connectivity index (χ3v) is 5.01. The van der Waals surface area contributed by atoms with E-state index in [-0.39, 0.29) is 5.38 Å². The largest absolute Gasteiger partial charge is 0.113 e. The SMILES string of the molecule is Cc1ccc(C(Cl)c2cccc(Cl)c2Cl)c2ccccc12. The zero-order valence-corrected chi connectivity index (χ0v) is 13.7. The van der Waals surface area contributed by atoms with Gasteiger partial charge in [0.2, 0.25) is 0 Å². The van der Waals surface area contributed by atoms with Gasteiger partial charge in [0, 0.05) is 0 Å². The molecule has 1 atom stereocenters. The van der Waals surface area contributed by atoms with Crippen LogP contribution in [0.2, 0.25) is 10.0 Å². The first-order chi connectivity index (χ1) is 10.1. The number of fused-ring (bicyclic) bond motifs is 1. The zero-order valence-electron chi connectivity index (χ0n) is 11.4. The summed E-state index contributed by atoms with van der Waals surface area (Å²) in [5.41, 5.74) is 3.11. The molecule has 21 heavy (non-hydrogen) atoms. The first-order valence-corrected chi connectivity index (χ1v) is 7.85. The molecular formula is C18H13Cl3. The Bertz CT molecular complexity index is 809. The average molecular weight is 336 g/mol. The minimum atomic E-state index is -0.332. The van der Waals surface area contributed by atoms with Crippen LogP contribution in [0.3, 0.4) is 0 Å². The molecule has 0 aliphatic heterocycles. The quantitative estimate of drug-likeness (QED) is 0.453. The molecule has 0 N–H and O–H groups in total. The normalized spacial score (nSPS) is 12.6. The van der Waals surface area contributed by atoms with E-state index >= 15 is 0 Å². The van der Waals surface area contributed by atoms with Crippen molar-refractivity contribution in [2.45, 2.75) is 12.3 Å². The van der Waals surface area contributed by atoms with Crippen LogP contribution in [-0.2, 0) is 0 Å². The maximum Gasteiger partial charge on any atom is 0.0856 e. The molecule has 3 aromatic rings. The summed E-state index contributed by atoms with van der Waals surface area (Å²) in [7, 11) is 0. The topological polar surface area (TPSA) is 0 Å². The van der Waals surface area contributed by atoms with Gasteiger partial charge in [0.05, 0.1) is 15.4 Å². The van der Waals surface area contributed by atoms with Crippen molar-refractivity contribution in [2.75, 3.05) is 0 Å². The number of hydrogen-bond donors (Lipinski definition) is 0. The summed E-state index contributed by atoms with van der Waals surface area (Å²) in [5, 5.41) is 3.06. The van der Waals surface area contributed by atoms with Gasteiger partial charge in [-0.2, -0.15) is 0 Å². The number of halogens is 3. The van der Waals surface area contributed by atoms with Gasteiger partial charge in [0.1, 0.15) is 0 Å². The van der Waals surface area contributed by atoms with Gasteiger partial charge in [-0.1, -0.05) is 71.7 Å². The van der Waals surface area contributed by atoms with Gasteiger partial charge in [-0.15, -0.1) is 11.6 Å². The Morgan fingerprint density at radius 1 is 0.762 bits per heavy atom. The van der Waals surface area contributed by atoms with Gasteiger partial charge >= 0.3 is 0 Å². The maximum absolute atomic E-state index is 6.70. The molecular weight excluding hydrogens is 323 g/mol. The fraction of sp³-hybridized carbons (Fsp3) is 0.111. The Balaban J connectivity index is 2.21. The third kappa shape index (κ3) is 2.64. The van der Waals surface area contributed by atoms with E-state index in [1.54, 1.807) is 6.07 Å². The molecule has 0 spiro atoms. The molecule has 3 rings (SSSR count). The van der Waals surface area contributed by atoms with Gasteiger partial charge in [-0.3, -0.25) is 0 Å². The molecule has 106 valence electrons. The van der Waals surface area contributed by atoms with Crippen LogP contribution in [0.5, 0.6) is 0 Å². The summed E-state index contributed by atoms with van der Waals surface area (Å²) in [4.78, 5) is 0. The molecule has 1 unspecified atom stereocenters. The smallest absolute Gasteiger partial charge is 0.0856 e. The maximum atomic E-state index is 6.70. The summed E-state index contributed by atoms with van der Waals surface area (Å²) in [5.74, 6) is 0. The Morgan fingerprint density at radius 3 is 2.24 bits per heavy atom. The molecule has 0 saturated heterocycles. The lowest BCUT2D eigenvalue weighted by Gasteiger charge is -2.16. The first-order valence-electron chi connectivity index (χ1n) is 6.66. The van der Waals surface area contributed by atoms with Crippen LogP contribution in [0.25, 0.3) is 10.8 Å². The summed E-state index contributed by atoms with van der Waals surface area (Å²) >= 11 is 19.1. The Morgan fingerprint density at radius 2 is 1.48 bits per heavy atom. The second kappa shape index (κ2) is 5.88. The van der Waals surface area contributed by atoms with E-state index < -0.39 is 0 Å². The second-order valence-electron chi connectivity index (χ2n) is 5.02. The molecule has 0 saturated carbocycles. The summed E-state index contributed by atoms with van der Waals surface area (Å²) < 4.78 is 0. The molecule has 0 amide bonds. The van der Waals surface area contributed by atoms with E-state index in [0.717, 1.165) is 16.5 Å². The fourth-order valence-corrected chi connectivity index (χ4v) is 3.42. The van der Waals surface area contributed by atoms with E-state index in [9.17, 15) is 0 Å². The summed E-state index contributed by atoms with van der Waals surface area (Å²) in [6.45, 7) is 2.10. The van der Waals surface area contributed by atoms with Crippen LogP contribution in [0.4, 0.5) is 0 Å². The molecule has 0 nitrogen and oxygen atoms in total. The Hall–Kier alpha value is -1.21. The highest BCUT2D eigenvalue weighted by Gasteiger charge is 2.18. The molecule has 0 bridgehead atoms. The van der Waals surface area contributed by atoms with E-state index in [1.165, 1.54) is 10.9 Å². The molecule has 3 heteroatoms. The lowest BCUT2D eigenvalue weighted by molar-refractivity contribution is 1.16. The van der Waals surface area contributed by atoms with Crippen LogP contribution < -0.4 is 0 Å². The van der Waals surface area contributed by atoms with Crippen molar-refractivity contribution in [2.24, 2.45) is 0 Å². The number of alkyl halides is 1. The number of rotatable bonds is 2. The van der Waals surface area contributed by atoms with Gasteiger partial charge in [-0.25, -0.2) is 0 Å². The standard InChI is InChI=1S/C18H13Cl3/c1-11-9-10-14(13-6-3-2-5-12(11)13)17(20)15-7-4-8-16(19)18(15)21/h2-10,17H,1H3. The molecule has 3 aromatic carbocycles. The average Bonchev–Trinajstić information content (AvgIpc) is 2.50. The highest BCUT2D eigenvalue weighted by molar-refractivity contribution is 6.43.